The molecule has 0 saturated carbocycles. The molecule has 0 aliphatic carbocycles. The number of benzene rings is 1. The lowest BCUT2D eigenvalue weighted by atomic mass is 10.0. The van der Waals surface area contributed by atoms with Crippen molar-refractivity contribution in [3.05, 3.63) is 58.0 Å². The Morgan fingerprint density at radius 1 is 1.42 bits per heavy atom. The highest BCUT2D eigenvalue weighted by Gasteiger charge is 2.26. The van der Waals surface area contributed by atoms with Crippen LogP contribution < -0.4 is 5.32 Å². The van der Waals surface area contributed by atoms with Crippen LogP contribution in [0.25, 0.3) is 0 Å². The van der Waals surface area contributed by atoms with Gasteiger partial charge in [0.2, 0.25) is 5.91 Å². The first kappa shape index (κ1) is 17.1. The van der Waals surface area contributed by atoms with Crippen LogP contribution in [0.2, 0.25) is 0 Å². The second kappa shape index (κ2) is 7.88. The van der Waals surface area contributed by atoms with Gasteiger partial charge in [0.15, 0.2) is 0 Å². The summed E-state index contributed by atoms with van der Waals surface area (Å²) in [4.78, 5) is 17.6. The molecule has 4 nitrogen and oxygen atoms in total. The van der Waals surface area contributed by atoms with E-state index in [0.717, 1.165) is 25.2 Å². The van der Waals surface area contributed by atoms with Crippen molar-refractivity contribution >= 4 is 17.2 Å². The van der Waals surface area contributed by atoms with Gasteiger partial charge in [-0.1, -0.05) is 18.2 Å². The van der Waals surface area contributed by atoms with E-state index in [2.05, 4.69) is 10.2 Å². The number of nitrogens with zero attached hydrogens (tertiary/aromatic N) is 2. The Labute approximate surface area is 145 Å². The first-order valence-electron chi connectivity index (χ1n) is 8.10. The number of rotatable bonds is 5. The molecule has 1 aliphatic heterocycles. The Balaban J connectivity index is 1.66. The van der Waals surface area contributed by atoms with E-state index >= 15 is 0 Å². The van der Waals surface area contributed by atoms with Crippen molar-refractivity contribution in [2.75, 3.05) is 33.2 Å². The van der Waals surface area contributed by atoms with Gasteiger partial charge in [0.25, 0.3) is 0 Å². The molecule has 2 aromatic rings. The summed E-state index contributed by atoms with van der Waals surface area (Å²) in [6.07, 6.45) is 0. The standard InChI is InChI=1S/C18H22FN3OS/c1-21(12-16-6-3-9-24-16)18(23)13-22-8-7-20-11-17(22)14-4-2-5-15(19)10-14/h2-6,9-10,17,20H,7-8,11-13H2,1H3. The SMILES string of the molecule is CN(Cc1cccs1)C(=O)CN1CCNCC1c1cccc(F)c1. The fourth-order valence-corrected chi connectivity index (χ4v) is 3.75. The molecular weight excluding hydrogens is 325 g/mol. The van der Waals surface area contributed by atoms with E-state index in [1.165, 1.54) is 10.9 Å². The molecule has 0 bridgehead atoms. The Bertz CT molecular complexity index is 677. The molecule has 24 heavy (non-hydrogen) atoms. The number of halogens is 1. The zero-order valence-electron chi connectivity index (χ0n) is 13.7. The van der Waals surface area contributed by atoms with Gasteiger partial charge in [-0.15, -0.1) is 11.3 Å². The normalized spacial score (nSPS) is 18.5. The van der Waals surface area contributed by atoms with Gasteiger partial charge in [-0.25, -0.2) is 4.39 Å². The zero-order chi connectivity index (χ0) is 16.9. The van der Waals surface area contributed by atoms with Crippen LogP contribution >= 0.6 is 11.3 Å². The van der Waals surface area contributed by atoms with Crippen molar-refractivity contribution in [3.63, 3.8) is 0 Å². The number of carbonyl (C=O) groups excluding carboxylic acids is 1. The highest BCUT2D eigenvalue weighted by atomic mass is 32.1. The number of amides is 1. The van der Waals surface area contributed by atoms with Crippen LogP contribution in [-0.2, 0) is 11.3 Å². The maximum Gasteiger partial charge on any atom is 0.236 e. The Morgan fingerprint density at radius 2 is 2.29 bits per heavy atom. The van der Waals surface area contributed by atoms with Gasteiger partial charge < -0.3 is 10.2 Å². The molecule has 1 aliphatic rings. The van der Waals surface area contributed by atoms with E-state index in [-0.39, 0.29) is 17.8 Å². The Kier molecular flexibility index (Phi) is 5.60. The van der Waals surface area contributed by atoms with Crippen LogP contribution in [0.1, 0.15) is 16.5 Å². The van der Waals surface area contributed by atoms with Gasteiger partial charge in [-0.3, -0.25) is 9.69 Å². The van der Waals surface area contributed by atoms with Gasteiger partial charge in [0.05, 0.1) is 13.1 Å². The van der Waals surface area contributed by atoms with Gasteiger partial charge >= 0.3 is 0 Å². The third kappa shape index (κ3) is 4.20. The maximum absolute atomic E-state index is 13.5. The van der Waals surface area contributed by atoms with Crippen molar-refractivity contribution < 1.29 is 9.18 Å². The van der Waals surface area contributed by atoms with Crippen molar-refractivity contribution in [2.45, 2.75) is 12.6 Å². The van der Waals surface area contributed by atoms with Crippen LogP contribution in [0.5, 0.6) is 0 Å². The summed E-state index contributed by atoms with van der Waals surface area (Å²) < 4.78 is 13.5. The smallest absolute Gasteiger partial charge is 0.236 e. The number of likely N-dealkylation sites (N-methyl/N-ethyl adjacent to an activating group) is 1. The first-order chi connectivity index (χ1) is 11.6. The highest BCUT2D eigenvalue weighted by Crippen LogP contribution is 2.23. The number of thiophene rings is 1. The summed E-state index contributed by atoms with van der Waals surface area (Å²) >= 11 is 1.65. The molecule has 128 valence electrons. The van der Waals surface area contributed by atoms with Crippen LogP contribution in [0.15, 0.2) is 41.8 Å². The Morgan fingerprint density at radius 3 is 3.04 bits per heavy atom. The highest BCUT2D eigenvalue weighted by molar-refractivity contribution is 7.09. The van der Waals surface area contributed by atoms with Crippen molar-refractivity contribution in [3.8, 4) is 0 Å². The summed E-state index contributed by atoms with van der Waals surface area (Å²) in [5.74, 6) is -0.147. The minimum absolute atomic E-state index is 0.0218. The lowest BCUT2D eigenvalue weighted by Gasteiger charge is -2.36. The quantitative estimate of drug-likeness (QED) is 0.903. The molecule has 3 rings (SSSR count). The molecule has 0 radical (unpaired) electrons. The number of nitrogens with one attached hydrogen (secondary N) is 1. The average Bonchev–Trinajstić information content (AvgIpc) is 3.08. The lowest BCUT2D eigenvalue weighted by Crippen LogP contribution is -2.49. The minimum atomic E-state index is -0.237. The fourth-order valence-electron chi connectivity index (χ4n) is 3.00. The number of hydrogen-bond donors (Lipinski definition) is 1. The average molecular weight is 347 g/mol. The molecule has 0 spiro atoms. The molecule has 1 aromatic carbocycles. The second-order valence-corrected chi connectivity index (χ2v) is 7.11. The number of hydrogen-bond acceptors (Lipinski definition) is 4. The summed E-state index contributed by atoms with van der Waals surface area (Å²) in [6, 6.07) is 10.7. The molecule has 1 atom stereocenters. The van der Waals surface area contributed by atoms with E-state index < -0.39 is 0 Å². The molecule has 2 heterocycles. The van der Waals surface area contributed by atoms with Crippen molar-refractivity contribution in [1.29, 1.82) is 0 Å². The van der Waals surface area contributed by atoms with Gasteiger partial charge in [-0.05, 0) is 29.1 Å². The third-order valence-corrected chi connectivity index (χ3v) is 5.19. The molecule has 1 fully saturated rings. The van der Waals surface area contributed by atoms with E-state index in [0.29, 0.717) is 13.1 Å². The summed E-state index contributed by atoms with van der Waals surface area (Å²) in [5.41, 5.74) is 0.913. The maximum atomic E-state index is 13.5. The predicted molar refractivity (Wildman–Crippen MR) is 94.4 cm³/mol. The molecule has 6 heteroatoms. The van der Waals surface area contributed by atoms with E-state index in [1.807, 2.05) is 30.6 Å². The zero-order valence-corrected chi connectivity index (χ0v) is 14.6. The molecule has 1 amide bonds. The summed E-state index contributed by atoms with van der Waals surface area (Å²) in [7, 11) is 1.83. The van der Waals surface area contributed by atoms with Crippen molar-refractivity contribution in [2.24, 2.45) is 0 Å². The van der Waals surface area contributed by atoms with Gasteiger partial charge in [0.1, 0.15) is 5.82 Å². The van der Waals surface area contributed by atoms with Gasteiger partial charge in [-0.2, -0.15) is 0 Å². The summed E-state index contributed by atoms with van der Waals surface area (Å²) in [6.45, 7) is 3.33. The van der Waals surface area contributed by atoms with Crippen LogP contribution in [0.4, 0.5) is 4.39 Å². The second-order valence-electron chi connectivity index (χ2n) is 6.07. The van der Waals surface area contributed by atoms with E-state index in [4.69, 9.17) is 0 Å². The summed E-state index contributed by atoms with van der Waals surface area (Å²) in [5, 5.41) is 5.35. The largest absolute Gasteiger partial charge is 0.340 e. The molecule has 1 N–H and O–H groups in total. The molecular formula is C18H22FN3OS. The van der Waals surface area contributed by atoms with Crippen LogP contribution in [0.3, 0.4) is 0 Å². The third-order valence-electron chi connectivity index (χ3n) is 4.32. The van der Waals surface area contributed by atoms with E-state index in [1.54, 1.807) is 28.4 Å². The monoisotopic (exact) mass is 347 g/mol. The topological polar surface area (TPSA) is 35.6 Å². The number of carbonyl (C=O) groups is 1. The fraction of sp³-hybridized carbons (Fsp3) is 0.389. The van der Waals surface area contributed by atoms with Crippen molar-refractivity contribution in [1.82, 2.24) is 15.1 Å². The van der Waals surface area contributed by atoms with E-state index in [9.17, 15) is 9.18 Å². The van der Waals surface area contributed by atoms with Crippen LogP contribution in [-0.4, -0.2) is 48.9 Å². The first-order valence-corrected chi connectivity index (χ1v) is 8.98. The molecule has 1 aromatic heterocycles. The molecule has 1 saturated heterocycles. The van der Waals surface area contributed by atoms with Gasteiger partial charge in [0, 0.05) is 37.6 Å². The Hall–Kier alpha value is -1.76. The number of piperazine rings is 1. The molecule has 1 unspecified atom stereocenters. The minimum Gasteiger partial charge on any atom is -0.340 e. The lowest BCUT2D eigenvalue weighted by molar-refractivity contribution is -0.132. The predicted octanol–water partition coefficient (Wildman–Crippen LogP) is 2.49. The van der Waals surface area contributed by atoms with Crippen LogP contribution in [0, 0.1) is 5.82 Å².